The van der Waals surface area contributed by atoms with Crippen molar-refractivity contribution in [3.05, 3.63) is 29.8 Å². The zero-order valence-electron chi connectivity index (χ0n) is 8.68. The highest BCUT2D eigenvalue weighted by atomic mass is 32.1. The van der Waals surface area contributed by atoms with Crippen LogP contribution in [0, 0.1) is 0 Å². The second kappa shape index (κ2) is 7.10. The Morgan fingerprint density at radius 2 is 2.12 bits per heavy atom. The van der Waals surface area contributed by atoms with E-state index in [1.54, 1.807) is 6.07 Å². The largest absolute Gasteiger partial charge is 0.491 e. The van der Waals surface area contributed by atoms with Crippen molar-refractivity contribution in [2.45, 2.75) is 6.42 Å². The number of amides is 1. The van der Waals surface area contributed by atoms with Gasteiger partial charge in [0.2, 0.25) is 5.91 Å². The van der Waals surface area contributed by atoms with Crippen molar-refractivity contribution in [1.82, 2.24) is 5.43 Å². The number of rotatable bonds is 6. The van der Waals surface area contributed by atoms with Crippen LogP contribution in [0.3, 0.4) is 0 Å². The van der Waals surface area contributed by atoms with Gasteiger partial charge in [-0.15, -0.1) is 0 Å². The van der Waals surface area contributed by atoms with Crippen molar-refractivity contribution in [3.8, 4) is 5.75 Å². The molecule has 0 fully saturated rings. The molecule has 0 spiro atoms. The molecule has 6 heteroatoms. The topological polar surface area (TPSA) is 73.6 Å². The van der Waals surface area contributed by atoms with Crippen molar-refractivity contribution in [1.29, 1.82) is 0 Å². The molecule has 16 heavy (non-hydrogen) atoms. The molecule has 0 saturated carbocycles. The third-order valence-electron chi connectivity index (χ3n) is 1.92. The average Bonchev–Trinajstić information content (AvgIpc) is 2.31. The summed E-state index contributed by atoms with van der Waals surface area (Å²) >= 11 is 3.60. The summed E-state index contributed by atoms with van der Waals surface area (Å²) in [6, 6.07) is 7.27. The lowest BCUT2D eigenvalue weighted by molar-refractivity contribution is -0.120. The first-order valence-corrected chi connectivity index (χ1v) is 5.11. The summed E-state index contributed by atoms with van der Waals surface area (Å²) < 4.78 is 10.0. The Kier molecular flexibility index (Phi) is 5.69. The van der Waals surface area contributed by atoms with Crippen molar-refractivity contribution in [2.75, 3.05) is 13.2 Å². The second-order valence-electron chi connectivity index (χ2n) is 3.03. The van der Waals surface area contributed by atoms with Gasteiger partial charge in [0.25, 0.3) is 0 Å². The molecule has 0 atom stereocenters. The number of carbonyl (C=O) groups excluding carboxylic acids is 1. The van der Waals surface area contributed by atoms with Crippen LogP contribution in [0.2, 0.25) is 0 Å². The standard InChI is InChI=1S/C10H14N2O3S/c11-12-10(13)7-8-3-1-2-4-9(8)14-5-6-15-16/h1-4,16H,5-7,11H2,(H,12,13). The minimum atomic E-state index is -0.263. The fourth-order valence-corrected chi connectivity index (χ4v) is 1.28. The minimum Gasteiger partial charge on any atom is -0.491 e. The number of thiol groups is 1. The highest BCUT2D eigenvalue weighted by Gasteiger charge is 2.07. The molecule has 1 rings (SSSR count). The number of carbonyl (C=O) groups is 1. The maximum absolute atomic E-state index is 11.1. The van der Waals surface area contributed by atoms with E-state index in [1.807, 2.05) is 18.2 Å². The normalized spacial score (nSPS) is 9.88. The van der Waals surface area contributed by atoms with E-state index in [2.05, 4.69) is 22.5 Å². The third kappa shape index (κ3) is 4.09. The van der Waals surface area contributed by atoms with Gasteiger partial charge < -0.3 is 8.92 Å². The van der Waals surface area contributed by atoms with E-state index < -0.39 is 0 Å². The number of ether oxygens (including phenoxy) is 1. The van der Waals surface area contributed by atoms with Crippen LogP contribution < -0.4 is 16.0 Å². The van der Waals surface area contributed by atoms with Crippen molar-refractivity contribution >= 4 is 18.8 Å². The van der Waals surface area contributed by atoms with Gasteiger partial charge >= 0.3 is 0 Å². The number of hydrogen-bond donors (Lipinski definition) is 3. The molecule has 1 aromatic carbocycles. The molecule has 0 saturated heterocycles. The van der Waals surface area contributed by atoms with Gasteiger partial charge in [-0.25, -0.2) is 5.84 Å². The maximum Gasteiger partial charge on any atom is 0.238 e. The summed E-state index contributed by atoms with van der Waals surface area (Å²) in [5.74, 6) is 5.41. The van der Waals surface area contributed by atoms with E-state index in [1.165, 1.54) is 0 Å². The van der Waals surface area contributed by atoms with E-state index in [0.717, 1.165) is 5.56 Å². The molecule has 0 radical (unpaired) electrons. The van der Waals surface area contributed by atoms with Crippen LogP contribution in [-0.2, 0) is 15.4 Å². The first-order valence-electron chi connectivity index (χ1n) is 4.74. The number of hydrazine groups is 1. The fourth-order valence-electron chi connectivity index (χ4n) is 1.20. The van der Waals surface area contributed by atoms with Gasteiger partial charge in [-0.1, -0.05) is 18.2 Å². The van der Waals surface area contributed by atoms with E-state index in [4.69, 9.17) is 10.6 Å². The van der Waals surface area contributed by atoms with E-state index >= 15 is 0 Å². The molecular weight excluding hydrogens is 228 g/mol. The number of nitrogens with one attached hydrogen (secondary N) is 1. The number of nitrogens with two attached hydrogens (primary N) is 1. The molecule has 3 N–H and O–H groups in total. The van der Waals surface area contributed by atoms with E-state index in [-0.39, 0.29) is 12.3 Å². The first-order chi connectivity index (χ1) is 7.77. The lowest BCUT2D eigenvalue weighted by Gasteiger charge is -2.10. The van der Waals surface area contributed by atoms with Gasteiger partial charge in [0.15, 0.2) is 0 Å². The lowest BCUT2D eigenvalue weighted by Crippen LogP contribution is -2.31. The van der Waals surface area contributed by atoms with Gasteiger partial charge in [0, 0.05) is 5.56 Å². The zero-order chi connectivity index (χ0) is 11.8. The summed E-state index contributed by atoms with van der Waals surface area (Å²) in [4.78, 5) is 11.1. The van der Waals surface area contributed by atoms with Gasteiger partial charge in [-0.05, 0) is 19.0 Å². The smallest absolute Gasteiger partial charge is 0.238 e. The Labute approximate surface area is 99.5 Å². The SMILES string of the molecule is NNC(=O)Cc1ccccc1OCCOS. The second-order valence-corrected chi connectivity index (χ2v) is 3.29. The number of benzene rings is 1. The Balaban J connectivity index is 2.63. The molecule has 0 aliphatic heterocycles. The Morgan fingerprint density at radius 1 is 1.38 bits per heavy atom. The number of hydrogen-bond acceptors (Lipinski definition) is 5. The molecule has 0 heterocycles. The molecule has 0 aliphatic carbocycles. The minimum absolute atomic E-state index is 0.189. The van der Waals surface area contributed by atoms with Crippen LogP contribution in [0.4, 0.5) is 0 Å². The van der Waals surface area contributed by atoms with Gasteiger partial charge in [-0.3, -0.25) is 10.2 Å². The molecule has 0 aliphatic rings. The van der Waals surface area contributed by atoms with Crippen molar-refractivity contribution in [2.24, 2.45) is 5.84 Å². The summed E-state index contributed by atoms with van der Waals surface area (Å²) in [7, 11) is 0. The molecule has 88 valence electrons. The van der Waals surface area contributed by atoms with Gasteiger partial charge in [0.1, 0.15) is 12.4 Å². The Bertz CT molecular complexity index is 347. The first kappa shape index (κ1) is 12.8. The van der Waals surface area contributed by atoms with Crippen LogP contribution in [-0.4, -0.2) is 19.1 Å². The van der Waals surface area contributed by atoms with Crippen LogP contribution >= 0.6 is 12.9 Å². The van der Waals surface area contributed by atoms with Crippen LogP contribution in [0.15, 0.2) is 24.3 Å². The summed E-state index contributed by atoms with van der Waals surface area (Å²) in [6.07, 6.45) is 0.189. The average molecular weight is 242 g/mol. The van der Waals surface area contributed by atoms with Crippen molar-refractivity contribution in [3.63, 3.8) is 0 Å². The Hall–Kier alpha value is -1.24. The summed E-state index contributed by atoms with van der Waals surface area (Å²) in [6.45, 7) is 0.755. The lowest BCUT2D eigenvalue weighted by atomic mass is 10.1. The molecule has 5 nitrogen and oxygen atoms in total. The highest BCUT2D eigenvalue weighted by molar-refractivity contribution is 7.75. The van der Waals surface area contributed by atoms with Crippen LogP contribution in [0.5, 0.6) is 5.75 Å². The van der Waals surface area contributed by atoms with E-state index in [0.29, 0.717) is 19.0 Å². The van der Waals surface area contributed by atoms with Gasteiger partial charge in [0.05, 0.1) is 13.0 Å². The monoisotopic (exact) mass is 242 g/mol. The molecule has 0 aromatic heterocycles. The van der Waals surface area contributed by atoms with Crippen molar-refractivity contribution < 1.29 is 13.7 Å². The predicted octanol–water partition coefficient (Wildman–Crippen LogP) is 0.459. The molecule has 1 aromatic rings. The predicted molar refractivity (Wildman–Crippen MR) is 62.9 cm³/mol. The highest BCUT2D eigenvalue weighted by Crippen LogP contribution is 2.18. The fraction of sp³-hybridized carbons (Fsp3) is 0.300. The van der Waals surface area contributed by atoms with Gasteiger partial charge in [-0.2, -0.15) is 0 Å². The van der Waals surface area contributed by atoms with Crippen LogP contribution in [0.25, 0.3) is 0 Å². The molecule has 0 bridgehead atoms. The number of para-hydroxylation sites is 1. The summed E-state index contributed by atoms with van der Waals surface area (Å²) in [5.41, 5.74) is 2.86. The third-order valence-corrected chi connectivity index (χ3v) is 2.10. The van der Waals surface area contributed by atoms with E-state index in [9.17, 15) is 4.79 Å². The maximum atomic E-state index is 11.1. The molecule has 0 unspecified atom stereocenters. The quantitative estimate of drug-likeness (QED) is 0.169. The zero-order valence-corrected chi connectivity index (χ0v) is 9.57. The Morgan fingerprint density at radius 3 is 2.81 bits per heavy atom. The molecular formula is C10H14N2O3S. The summed E-state index contributed by atoms with van der Waals surface area (Å²) in [5, 5.41) is 0. The van der Waals surface area contributed by atoms with Crippen LogP contribution in [0.1, 0.15) is 5.56 Å². The molecule has 1 amide bonds.